The average molecular weight is 551 g/mol. The smallest absolute Gasteiger partial charge is 0.406 e. The van der Waals surface area contributed by atoms with Gasteiger partial charge < -0.3 is 10.1 Å². The summed E-state index contributed by atoms with van der Waals surface area (Å²) in [7, 11) is 0. The number of hydrogen-bond acceptors (Lipinski definition) is 5. The highest BCUT2D eigenvalue weighted by Gasteiger charge is 2.31. The monoisotopic (exact) mass is 551 g/mol. The van der Waals surface area contributed by atoms with Crippen LogP contribution >= 0.6 is 11.3 Å². The molecule has 0 aliphatic rings. The topological polar surface area (TPSA) is 80.3 Å². The fourth-order valence-corrected chi connectivity index (χ4v) is 4.13. The molecule has 0 atom stereocenters. The minimum atomic E-state index is -4.84. The zero-order chi connectivity index (χ0) is 27.5. The third-order valence-electron chi connectivity index (χ3n) is 4.85. The van der Waals surface area contributed by atoms with Gasteiger partial charge in [0.25, 0.3) is 5.91 Å². The normalized spacial score (nSPS) is 12.1. The van der Waals surface area contributed by atoms with Gasteiger partial charge in [0.1, 0.15) is 5.75 Å². The first-order chi connectivity index (χ1) is 17.9. The molecule has 196 valence electrons. The third kappa shape index (κ3) is 7.09. The van der Waals surface area contributed by atoms with Crippen molar-refractivity contribution >= 4 is 50.3 Å². The Kier molecular flexibility index (Phi) is 7.39. The number of ether oxygens (including phenoxy) is 1. The summed E-state index contributed by atoms with van der Waals surface area (Å²) in [5, 5.41) is 5.05. The molecule has 1 aromatic heterocycles. The molecule has 38 heavy (non-hydrogen) atoms. The van der Waals surface area contributed by atoms with Gasteiger partial charge in [-0.3, -0.25) is 14.9 Å². The summed E-state index contributed by atoms with van der Waals surface area (Å²) in [6, 6.07) is 13.8. The van der Waals surface area contributed by atoms with Crippen LogP contribution in [0.3, 0.4) is 0 Å². The molecule has 0 aliphatic carbocycles. The minimum absolute atomic E-state index is 0.0296. The first-order valence-electron chi connectivity index (χ1n) is 10.6. The molecule has 0 spiro atoms. The molecule has 1 heterocycles. The highest BCUT2D eigenvalue weighted by Crippen LogP contribution is 2.32. The number of thiazole rings is 1. The SMILES string of the molecule is O=C(C=Cc1cccc(C(=O)Nc2cccc(C(F)(F)F)c2)c1)Nc1nc2ccc(OC(F)(F)F)cc2s1. The van der Waals surface area contributed by atoms with Crippen LogP contribution in [0.5, 0.6) is 5.75 Å². The Morgan fingerprint density at radius 1 is 0.895 bits per heavy atom. The molecule has 0 radical (unpaired) electrons. The maximum Gasteiger partial charge on any atom is 0.573 e. The number of nitrogens with one attached hydrogen (secondary N) is 2. The molecule has 0 saturated heterocycles. The number of carbonyl (C=O) groups is 2. The zero-order valence-electron chi connectivity index (χ0n) is 18.9. The lowest BCUT2D eigenvalue weighted by Crippen LogP contribution is -2.16. The number of rotatable bonds is 6. The van der Waals surface area contributed by atoms with Gasteiger partial charge >= 0.3 is 12.5 Å². The zero-order valence-corrected chi connectivity index (χ0v) is 19.7. The Balaban J connectivity index is 1.40. The van der Waals surface area contributed by atoms with Gasteiger partial charge in [-0.15, -0.1) is 13.2 Å². The second kappa shape index (κ2) is 10.5. The lowest BCUT2D eigenvalue weighted by molar-refractivity contribution is -0.274. The summed E-state index contributed by atoms with van der Waals surface area (Å²) < 4.78 is 80.1. The third-order valence-corrected chi connectivity index (χ3v) is 5.78. The molecule has 0 fully saturated rings. The number of alkyl halides is 6. The van der Waals surface area contributed by atoms with Crippen LogP contribution in [0.4, 0.5) is 37.2 Å². The van der Waals surface area contributed by atoms with E-state index in [9.17, 15) is 35.9 Å². The van der Waals surface area contributed by atoms with E-state index in [1.165, 1.54) is 42.5 Å². The number of hydrogen-bond donors (Lipinski definition) is 2. The van der Waals surface area contributed by atoms with Crippen molar-refractivity contribution < 1.29 is 40.7 Å². The van der Waals surface area contributed by atoms with Crippen LogP contribution in [0, 0.1) is 0 Å². The van der Waals surface area contributed by atoms with Crippen molar-refractivity contribution in [1.82, 2.24) is 4.98 Å². The molecule has 0 saturated carbocycles. The molecule has 6 nitrogen and oxygen atoms in total. The maximum atomic E-state index is 12.9. The molecule has 4 aromatic rings. The summed E-state index contributed by atoms with van der Waals surface area (Å²) in [6.07, 6.45) is -6.83. The van der Waals surface area contributed by atoms with Gasteiger partial charge in [0.05, 0.1) is 15.8 Å². The highest BCUT2D eigenvalue weighted by molar-refractivity contribution is 7.22. The largest absolute Gasteiger partial charge is 0.573 e. The Hall–Kier alpha value is -4.39. The first-order valence-corrected chi connectivity index (χ1v) is 11.4. The van der Waals surface area contributed by atoms with Gasteiger partial charge in [-0.25, -0.2) is 4.98 Å². The van der Waals surface area contributed by atoms with Crippen molar-refractivity contribution in [3.63, 3.8) is 0 Å². The van der Waals surface area contributed by atoms with E-state index in [0.29, 0.717) is 15.8 Å². The van der Waals surface area contributed by atoms with Crippen LogP contribution < -0.4 is 15.4 Å². The molecule has 4 rings (SSSR count). The van der Waals surface area contributed by atoms with Crippen molar-refractivity contribution in [2.45, 2.75) is 12.5 Å². The fourth-order valence-electron chi connectivity index (χ4n) is 3.23. The van der Waals surface area contributed by atoms with Crippen LogP contribution in [-0.4, -0.2) is 23.2 Å². The average Bonchev–Trinajstić information content (AvgIpc) is 3.23. The number of anilines is 2. The molecular formula is C25H15F6N3O3S. The molecular weight excluding hydrogens is 536 g/mol. The molecule has 0 unspecified atom stereocenters. The second-order valence-corrected chi connectivity index (χ2v) is 8.71. The van der Waals surface area contributed by atoms with Gasteiger partial charge in [0.15, 0.2) is 5.13 Å². The van der Waals surface area contributed by atoms with Crippen LogP contribution in [0.25, 0.3) is 16.3 Å². The second-order valence-electron chi connectivity index (χ2n) is 7.68. The van der Waals surface area contributed by atoms with E-state index in [4.69, 9.17) is 0 Å². The van der Waals surface area contributed by atoms with Gasteiger partial charge in [0, 0.05) is 23.4 Å². The number of amides is 2. The maximum absolute atomic E-state index is 12.9. The van der Waals surface area contributed by atoms with Gasteiger partial charge in [-0.1, -0.05) is 29.5 Å². The molecule has 2 N–H and O–H groups in total. The van der Waals surface area contributed by atoms with Crippen molar-refractivity contribution in [1.29, 1.82) is 0 Å². The van der Waals surface area contributed by atoms with Crippen LogP contribution in [0.2, 0.25) is 0 Å². The summed E-state index contributed by atoms with van der Waals surface area (Å²) in [6.45, 7) is 0. The molecule has 13 heteroatoms. The Morgan fingerprint density at radius 3 is 2.39 bits per heavy atom. The molecule has 2 amide bonds. The number of nitrogens with zero attached hydrogens (tertiary/aromatic N) is 1. The number of carbonyl (C=O) groups excluding carboxylic acids is 2. The van der Waals surface area contributed by atoms with E-state index < -0.39 is 35.7 Å². The number of halogens is 6. The quantitative estimate of drug-likeness (QED) is 0.198. The van der Waals surface area contributed by atoms with Crippen LogP contribution in [0.15, 0.2) is 72.8 Å². The van der Waals surface area contributed by atoms with E-state index in [2.05, 4.69) is 20.4 Å². The van der Waals surface area contributed by atoms with Gasteiger partial charge in [-0.2, -0.15) is 13.2 Å². The van der Waals surface area contributed by atoms with Crippen LogP contribution in [-0.2, 0) is 11.0 Å². The minimum Gasteiger partial charge on any atom is -0.406 e. The standard InChI is InChI=1S/C25H15F6N3O3S/c26-24(27,28)16-5-2-6-17(12-16)32-22(36)15-4-1-3-14(11-15)7-10-21(35)34-23-33-19-9-8-18(13-20(19)38-23)37-25(29,30)31/h1-13H,(H,32,36)(H,33,34,35). The van der Waals surface area contributed by atoms with Crippen molar-refractivity contribution in [3.8, 4) is 5.75 Å². The van der Waals surface area contributed by atoms with E-state index in [1.807, 2.05) is 0 Å². The fraction of sp³-hybridized carbons (Fsp3) is 0.0800. The lowest BCUT2D eigenvalue weighted by Gasteiger charge is -2.10. The summed E-state index contributed by atoms with van der Waals surface area (Å²) in [4.78, 5) is 29.0. The van der Waals surface area contributed by atoms with E-state index in [0.717, 1.165) is 41.7 Å². The number of benzene rings is 3. The Labute approximate surface area is 214 Å². The first kappa shape index (κ1) is 26.7. The molecule has 3 aromatic carbocycles. The summed E-state index contributed by atoms with van der Waals surface area (Å²) in [5.74, 6) is -1.65. The predicted molar refractivity (Wildman–Crippen MR) is 130 cm³/mol. The van der Waals surface area contributed by atoms with Crippen molar-refractivity contribution in [2.75, 3.05) is 10.6 Å². The summed E-state index contributed by atoms with van der Waals surface area (Å²) >= 11 is 0.949. The highest BCUT2D eigenvalue weighted by atomic mass is 32.1. The van der Waals surface area contributed by atoms with Crippen molar-refractivity contribution in [2.24, 2.45) is 0 Å². The van der Waals surface area contributed by atoms with E-state index >= 15 is 0 Å². The molecule has 0 bridgehead atoms. The molecule has 0 aliphatic heterocycles. The van der Waals surface area contributed by atoms with Gasteiger partial charge in [0.2, 0.25) is 5.91 Å². The summed E-state index contributed by atoms with van der Waals surface area (Å²) in [5.41, 5.74) is 0.0330. The number of aromatic nitrogens is 1. The predicted octanol–water partition coefficient (Wildman–Crippen LogP) is 7.12. The Bertz CT molecular complexity index is 1530. The van der Waals surface area contributed by atoms with Crippen LogP contribution in [0.1, 0.15) is 21.5 Å². The van der Waals surface area contributed by atoms with Gasteiger partial charge in [-0.05, 0) is 54.1 Å². The number of fused-ring (bicyclic) bond motifs is 1. The Morgan fingerprint density at radius 2 is 1.66 bits per heavy atom. The van der Waals surface area contributed by atoms with E-state index in [1.54, 1.807) is 6.07 Å². The van der Waals surface area contributed by atoms with E-state index in [-0.39, 0.29) is 16.4 Å². The van der Waals surface area contributed by atoms with Crippen molar-refractivity contribution in [3.05, 3.63) is 89.5 Å². The lowest BCUT2D eigenvalue weighted by atomic mass is 10.1.